The normalized spacial score (nSPS) is 21.1. The Hall–Kier alpha value is -1.08. The van der Waals surface area contributed by atoms with E-state index in [2.05, 4.69) is 18.2 Å². The molecule has 0 aromatic heterocycles. The summed E-state index contributed by atoms with van der Waals surface area (Å²) >= 11 is 0. The highest BCUT2D eigenvalue weighted by Gasteiger charge is 2.10. The van der Waals surface area contributed by atoms with E-state index in [9.17, 15) is 0 Å². The van der Waals surface area contributed by atoms with Crippen LogP contribution < -0.4 is 5.73 Å². The zero-order chi connectivity index (χ0) is 6.97. The van der Waals surface area contributed by atoms with E-state index in [1.54, 1.807) is 0 Å². The Bertz CT molecular complexity index is 276. The first-order chi connectivity index (χ1) is 4.88. The van der Waals surface area contributed by atoms with Crippen molar-refractivity contribution in [2.24, 2.45) is 5.73 Å². The van der Waals surface area contributed by atoms with Crippen LogP contribution in [0.15, 0.2) is 30.3 Å². The molecule has 2 N–H and O–H groups in total. The van der Waals surface area contributed by atoms with Crippen LogP contribution in [0.4, 0.5) is 0 Å². The van der Waals surface area contributed by atoms with Crippen molar-refractivity contribution < 1.29 is 0 Å². The third-order valence-corrected chi connectivity index (χ3v) is 1.84. The summed E-state index contributed by atoms with van der Waals surface area (Å²) in [5.41, 5.74) is 8.26. The Morgan fingerprint density at radius 1 is 1.20 bits per heavy atom. The molecule has 0 bridgehead atoms. The van der Waals surface area contributed by atoms with E-state index in [1.165, 1.54) is 11.1 Å². The molecule has 0 radical (unpaired) electrons. The molecular weight excluding hydrogens is 122 g/mol. The largest absolute Gasteiger partial charge is 0.321 e. The minimum absolute atomic E-state index is 0.121. The van der Waals surface area contributed by atoms with Crippen LogP contribution in [0.1, 0.15) is 17.2 Å². The third kappa shape index (κ3) is 0.677. The molecule has 2 rings (SSSR count). The Labute approximate surface area is 60.2 Å². The van der Waals surface area contributed by atoms with E-state index in [0.29, 0.717) is 0 Å². The van der Waals surface area contributed by atoms with Gasteiger partial charge in [-0.1, -0.05) is 36.4 Å². The first kappa shape index (κ1) is 5.69. The van der Waals surface area contributed by atoms with Gasteiger partial charge in [-0.15, -0.1) is 0 Å². The summed E-state index contributed by atoms with van der Waals surface area (Å²) in [6.45, 7) is 0. The molecule has 0 unspecified atom stereocenters. The highest BCUT2D eigenvalue weighted by molar-refractivity contribution is 5.61. The predicted octanol–water partition coefficient (Wildman–Crippen LogP) is 1.71. The minimum Gasteiger partial charge on any atom is -0.321 e. The Morgan fingerprint density at radius 2 is 2.00 bits per heavy atom. The fraction of sp³-hybridized carbons (Fsp3) is 0.111. The zero-order valence-corrected chi connectivity index (χ0v) is 5.62. The topological polar surface area (TPSA) is 26.0 Å². The van der Waals surface area contributed by atoms with Crippen LogP contribution in [-0.4, -0.2) is 0 Å². The van der Waals surface area contributed by atoms with Crippen LogP contribution in [0.3, 0.4) is 0 Å². The average Bonchev–Trinajstić information content (AvgIpc) is 2.34. The Kier molecular flexibility index (Phi) is 1.11. The SMILES string of the molecule is N[C@@H]1C=Cc2ccccc21. The molecule has 0 aliphatic heterocycles. The van der Waals surface area contributed by atoms with Crippen LogP contribution in [-0.2, 0) is 0 Å². The summed E-state index contributed by atoms with van der Waals surface area (Å²) in [6, 6.07) is 8.32. The number of benzene rings is 1. The van der Waals surface area contributed by atoms with Crippen molar-refractivity contribution in [1.82, 2.24) is 0 Å². The molecule has 1 aromatic carbocycles. The van der Waals surface area contributed by atoms with Gasteiger partial charge in [0.05, 0.1) is 0 Å². The van der Waals surface area contributed by atoms with Crippen LogP contribution >= 0.6 is 0 Å². The summed E-state index contributed by atoms with van der Waals surface area (Å²) in [7, 11) is 0. The van der Waals surface area contributed by atoms with E-state index in [-0.39, 0.29) is 6.04 Å². The highest BCUT2D eigenvalue weighted by atomic mass is 14.6. The van der Waals surface area contributed by atoms with Gasteiger partial charge in [0.25, 0.3) is 0 Å². The third-order valence-electron chi connectivity index (χ3n) is 1.84. The maximum atomic E-state index is 5.76. The van der Waals surface area contributed by atoms with E-state index >= 15 is 0 Å². The van der Waals surface area contributed by atoms with Crippen molar-refractivity contribution in [3.05, 3.63) is 41.5 Å². The van der Waals surface area contributed by atoms with Crippen molar-refractivity contribution in [2.45, 2.75) is 6.04 Å². The van der Waals surface area contributed by atoms with E-state index in [1.807, 2.05) is 18.2 Å². The van der Waals surface area contributed by atoms with E-state index < -0.39 is 0 Å². The maximum Gasteiger partial charge on any atom is 0.0490 e. The molecular formula is C9H9N. The van der Waals surface area contributed by atoms with Gasteiger partial charge in [-0.2, -0.15) is 0 Å². The van der Waals surface area contributed by atoms with Crippen LogP contribution in [0.2, 0.25) is 0 Å². The first-order valence-corrected chi connectivity index (χ1v) is 3.40. The van der Waals surface area contributed by atoms with Crippen molar-refractivity contribution in [1.29, 1.82) is 0 Å². The average molecular weight is 131 g/mol. The van der Waals surface area contributed by atoms with Crippen molar-refractivity contribution in [3.8, 4) is 0 Å². The molecule has 1 heteroatoms. The lowest BCUT2D eigenvalue weighted by molar-refractivity contribution is 0.931. The summed E-state index contributed by atoms with van der Waals surface area (Å²) < 4.78 is 0. The minimum atomic E-state index is 0.121. The van der Waals surface area contributed by atoms with Gasteiger partial charge < -0.3 is 5.73 Å². The van der Waals surface area contributed by atoms with Gasteiger partial charge in [0.15, 0.2) is 0 Å². The quantitative estimate of drug-likeness (QED) is 0.570. The van der Waals surface area contributed by atoms with Crippen LogP contribution in [0, 0.1) is 0 Å². The molecule has 0 spiro atoms. The smallest absolute Gasteiger partial charge is 0.0490 e. The van der Waals surface area contributed by atoms with Gasteiger partial charge in [0.1, 0.15) is 0 Å². The molecule has 1 aliphatic carbocycles. The molecule has 0 fully saturated rings. The molecule has 0 amide bonds. The van der Waals surface area contributed by atoms with Crippen molar-refractivity contribution >= 4 is 6.08 Å². The van der Waals surface area contributed by atoms with Crippen LogP contribution in [0.5, 0.6) is 0 Å². The number of nitrogens with two attached hydrogens (primary N) is 1. The molecule has 1 atom stereocenters. The van der Waals surface area contributed by atoms with Gasteiger partial charge in [-0.3, -0.25) is 0 Å². The molecule has 1 aliphatic rings. The lowest BCUT2D eigenvalue weighted by Gasteiger charge is -2.01. The summed E-state index contributed by atoms with van der Waals surface area (Å²) in [6.07, 6.45) is 4.09. The van der Waals surface area contributed by atoms with Gasteiger partial charge in [0.2, 0.25) is 0 Å². The fourth-order valence-electron chi connectivity index (χ4n) is 1.28. The number of fused-ring (bicyclic) bond motifs is 1. The second kappa shape index (κ2) is 1.96. The van der Waals surface area contributed by atoms with E-state index in [0.717, 1.165) is 0 Å². The molecule has 0 saturated heterocycles. The lowest BCUT2D eigenvalue weighted by Crippen LogP contribution is -2.03. The number of hydrogen-bond donors (Lipinski definition) is 1. The van der Waals surface area contributed by atoms with Gasteiger partial charge in [-0.25, -0.2) is 0 Å². The van der Waals surface area contributed by atoms with Crippen LogP contribution in [0.25, 0.3) is 6.08 Å². The van der Waals surface area contributed by atoms with Gasteiger partial charge in [-0.05, 0) is 11.1 Å². The second-order valence-electron chi connectivity index (χ2n) is 2.51. The van der Waals surface area contributed by atoms with Gasteiger partial charge in [0, 0.05) is 6.04 Å². The molecule has 0 saturated carbocycles. The Balaban J connectivity index is 2.59. The molecule has 50 valence electrons. The number of hydrogen-bond acceptors (Lipinski definition) is 1. The number of rotatable bonds is 0. The first-order valence-electron chi connectivity index (χ1n) is 3.40. The second-order valence-corrected chi connectivity index (χ2v) is 2.51. The summed E-state index contributed by atoms with van der Waals surface area (Å²) in [4.78, 5) is 0. The lowest BCUT2D eigenvalue weighted by atomic mass is 10.1. The van der Waals surface area contributed by atoms with Gasteiger partial charge >= 0.3 is 0 Å². The summed E-state index contributed by atoms with van der Waals surface area (Å²) in [5.74, 6) is 0. The maximum absolute atomic E-state index is 5.76. The Morgan fingerprint density at radius 3 is 2.80 bits per heavy atom. The fourth-order valence-corrected chi connectivity index (χ4v) is 1.28. The standard InChI is InChI=1S/C9H9N/c10-9-6-5-7-3-1-2-4-8(7)9/h1-6,9H,10H2/t9-/m1/s1. The predicted molar refractivity (Wildman–Crippen MR) is 42.4 cm³/mol. The van der Waals surface area contributed by atoms with Crippen molar-refractivity contribution in [3.63, 3.8) is 0 Å². The molecule has 1 nitrogen and oxygen atoms in total. The zero-order valence-electron chi connectivity index (χ0n) is 5.62. The van der Waals surface area contributed by atoms with Crippen molar-refractivity contribution in [2.75, 3.05) is 0 Å². The molecule has 1 aromatic rings. The molecule has 0 heterocycles. The van der Waals surface area contributed by atoms with E-state index in [4.69, 9.17) is 5.73 Å². The summed E-state index contributed by atoms with van der Waals surface area (Å²) in [5, 5.41) is 0. The monoisotopic (exact) mass is 131 g/mol. The molecule has 10 heavy (non-hydrogen) atoms. The highest BCUT2D eigenvalue weighted by Crippen LogP contribution is 2.24.